The summed E-state index contributed by atoms with van der Waals surface area (Å²) in [6.45, 7) is 2.05. The highest BCUT2D eigenvalue weighted by molar-refractivity contribution is 5.85. The fourth-order valence-electron chi connectivity index (χ4n) is 1.70. The number of likely N-dealkylation sites (N-methyl/N-ethyl adjacent to an activating group) is 1. The quantitative estimate of drug-likeness (QED) is 0.919. The van der Waals surface area contributed by atoms with Crippen molar-refractivity contribution < 1.29 is 14.4 Å². The molecule has 1 atom stereocenters. The summed E-state index contributed by atoms with van der Waals surface area (Å²) in [4.78, 5) is 12.6. The normalized spacial score (nSPS) is 11.9. The molecular formula is C14H17ClN2O3. The summed E-state index contributed by atoms with van der Waals surface area (Å²) in [5, 5.41) is 12.9. The van der Waals surface area contributed by atoms with E-state index < -0.39 is 12.0 Å². The van der Waals surface area contributed by atoms with E-state index in [2.05, 4.69) is 5.16 Å². The van der Waals surface area contributed by atoms with Crippen LogP contribution in [0.2, 0.25) is 0 Å². The molecule has 1 N–H and O–H groups in total. The molecule has 1 unspecified atom stereocenters. The van der Waals surface area contributed by atoms with E-state index in [4.69, 9.17) is 9.63 Å². The van der Waals surface area contributed by atoms with Gasteiger partial charge in [-0.2, -0.15) is 0 Å². The predicted octanol–water partition coefficient (Wildman–Crippen LogP) is 2.67. The molecule has 0 bridgehead atoms. The number of carboxylic acids is 1. The smallest absolute Gasteiger partial charge is 0.320 e. The zero-order valence-corrected chi connectivity index (χ0v) is 12.1. The van der Waals surface area contributed by atoms with Gasteiger partial charge in [-0.25, -0.2) is 0 Å². The van der Waals surface area contributed by atoms with Crippen LogP contribution in [0.25, 0.3) is 11.3 Å². The van der Waals surface area contributed by atoms with Crippen LogP contribution in [0.4, 0.5) is 0 Å². The Labute approximate surface area is 123 Å². The third kappa shape index (κ3) is 3.82. The summed E-state index contributed by atoms with van der Waals surface area (Å²) in [5.74, 6) is -0.209. The van der Waals surface area contributed by atoms with Crippen molar-refractivity contribution in [3.63, 3.8) is 0 Å². The molecule has 108 valence electrons. The van der Waals surface area contributed by atoms with Crippen molar-refractivity contribution in [2.45, 2.75) is 19.5 Å². The van der Waals surface area contributed by atoms with Crippen molar-refractivity contribution >= 4 is 18.4 Å². The highest BCUT2D eigenvalue weighted by atomic mass is 35.5. The molecule has 0 radical (unpaired) electrons. The molecular weight excluding hydrogens is 280 g/mol. The summed E-state index contributed by atoms with van der Waals surface area (Å²) < 4.78 is 5.24. The van der Waals surface area contributed by atoms with Crippen molar-refractivity contribution in [3.8, 4) is 11.3 Å². The lowest BCUT2D eigenvalue weighted by molar-refractivity contribution is -0.142. The zero-order valence-electron chi connectivity index (χ0n) is 11.3. The van der Waals surface area contributed by atoms with E-state index >= 15 is 0 Å². The van der Waals surface area contributed by atoms with E-state index in [1.54, 1.807) is 18.9 Å². The maximum Gasteiger partial charge on any atom is 0.320 e. The molecule has 0 spiro atoms. The van der Waals surface area contributed by atoms with Crippen molar-refractivity contribution in [2.75, 3.05) is 7.05 Å². The van der Waals surface area contributed by atoms with Gasteiger partial charge in [-0.1, -0.05) is 35.5 Å². The Hall–Kier alpha value is -1.85. The number of aromatic nitrogens is 1. The average Bonchev–Trinajstić information content (AvgIpc) is 2.87. The lowest BCUT2D eigenvalue weighted by Crippen LogP contribution is -2.35. The first-order chi connectivity index (χ1) is 9.08. The number of halogens is 1. The Balaban J connectivity index is 0.00000200. The Morgan fingerprint density at radius 3 is 2.65 bits per heavy atom. The van der Waals surface area contributed by atoms with Gasteiger partial charge in [-0.15, -0.1) is 12.4 Å². The molecule has 2 aromatic rings. The molecule has 2 rings (SSSR count). The summed E-state index contributed by atoms with van der Waals surface area (Å²) in [6.07, 6.45) is 0. The molecule has 0 aliphatic carbocycles. The number of rotatable bonds is 5. The van der Waals surface area contributed by atoms with Gasteiger partial charge in [0.1, 0.15) is 11.7 Å². The van der Waals surface area contributed by atoms with Gasteiger partial charge in [0.05, 0.1) is 6.54 Å². The predicted molar refractivity (Wildman–Crippen MR) is 77.8 cm³/mol. The van der Waals surface area contributed by atoms with Crippen molar-refractivity contribution in [3.05, 3.63) is 42.2 Å². The molecule has 1 aromatic carbocycles. The fraction of sp³-hybridized carbons (Fsp3) is 0.286. The van der Waals surface area contributed by atoms with E-state index in [9.17, 15) is 4.79 Å². The van der Waals surface area contributed by atoms with Gasteiger partial charge in [-0.3, -0.25) is 9.69 Å². The van der Waals surface area contributed by atoms with Crippen LogP contribution in [0.3, 0.4) is 0 Å². The molecule has 1 aromatic heterocycles. The molecule has 0 saturated heterocycles. The highest BCUT2D eigenvalue weighted by Gasteiger charge is 2.18. The van der Waals surface area contributed by atoms with Crippen LogP contribution in [0, 0.1) is 0 Å². The highest BCUT2D eigenvalue weighted by Crippen LogP contribution is 2.19. The Morgan fingerprint density at radius 2 is 2.05 bits per heavy atom. The van der Waals surface area contributed by atoms with Gasteiger partial charge >= 0.3 is 5.97 Å². The number of carboxylic acid groups (broad SMARTS) is 1. The number of hydrogen-bond donors (Lipinski definition) is 1. The standard InChI is InChI=1S/C14H16N2O3.ClH/c1-10(14(17)18)16(2)9-12-8-13(15-19-12)11-6-4-3-5-7-11;/h3-8,10H,9H2,1-2H3,(H,17,18);1H. The van der Waals surface area contributed by atoms with Gasteiger partial charge in [0.15, 0.2) is 5.76 Å². The second kappa shape index (κ2) is 7.07. The molecule has 6 heteroatoms. The summed E-state index contributed by atoms with van der Waals surface area (Å²) in [6, 6.07) is 11.0. The molecule has 0 saturated carbocycles. The monoisotopic (exact) mass is 296 g/mol. The first-order valence-electron chi connectivity index (χ1n) is 6.02. The topological polar surface area (TPSA) is 66.6 Å². The maximum absolute atomic E-state index is 10.9. The molecule has 0 aliphatic heterocycles. The minimum atomic E-state index is -0.856. The van der Waals surface area contributed by atoms with Crippen LogP contribution in [0.15, 0.2) is 40.9 Å². The molecule has 0 aliphatic rings. The van der Waals surface area contributed by atoms with Crippen molar-refractivity contribution in [1.29, 1.82) is 0 Å². The maximum atomic E-state index is 10.9. The summed E-state index contributed by atoms with van der Waals surface area (Å²) in [5.41, 5.74) is 1.73. The lowest BCUT2D eigenvalue weighted by atomic mass is 10.1. The Bertz CT molecular complexity index is 557. The van der Waals surface area contributed by atoms with E-state index in [0.717, 1.165) is 11.3 Å². The summed E-state index contributed by atoms with van der Waals surface area (Å²) in [7, 11) is 1.74. The van der Waals surface area contributed by atoms with E-state index in [-0.39, 0.29) is 12.4 Å². The molecule has 0 amide bonds. The molecule has 5 nitrogen and oxygen atoms in total. The number of benzene rings is 1. The van der Waals surface area contributed by atoms with Crippen molar-refractivity contribution in [2.24, 2.45) is 0 Å². The van der Waals surface area contributed by atoms with Crippen molar-refractivity contribution in [1.82, 2.24) is 10.1 Å². The van der Waals surface area contributed by atoms with Crippen LogP contribution in [0.5, 0.6) is 0 Å². The van der Waals surface area contributed by atoms with Gasteiger partial charge < -0.3 is 9.63 Å². The minimum absolute atomic E-state index is 0. The van der Waals surface area contributed by atoms with Crippen LogP contribution in [-0.2, 0) is 11.3 Å². The average molecular weight is 297 g/mol. The second-order valence-corrected chi connectivity index (χ2v) is 4.47. The fourth-order valence-corrected chi connectivity index (χ4v) is 1.70. The number of hydrogen-bond acceptors (Lipinski definition) is 4. The van der Waals surface area contributed by atoms with Crippen LogP contribution < -0.4 is 0 Å². The lowest BCUT2D eigenvalue weighted by Gasteiger charge is -2.18. The largest absolute Gasteiger partial charge is 0.480 e. The number of nitrogens with zero attached hydrogens (tertiary/aromatic N) is 2. The van der Waals surface area contributed by atoms with E-state index in [0.29, 0.717) is 12.3 Å². The molecule has 0 fully saturated rings. The van der Waals surface area contributed by atoms with E-state index in [1.807, 2.05) is 36.4 Å². The molecule has 1 heterocycles. The number of aliphatic carboxylic acids is 1. The first-order valence-corrected chi connectivity index (χ1v) is 6.02. The SMILES string of the molecule is CC(C(=O)O)N(C)Cc1cc(-c2ccccc2)no1.Cl. The Morgan fingerprint density at radius 1 is 1.40 bits per heavy atom. The summed E-state index contributed by atoms with van der Waals surface area (Å²) >= 11 is 0. The second-order valence-electron chi connectivity index (χ2n) is 4.47. The van der Waals surface area contributed by atoms with E-state index in [1.165, 1.54) is 0 Å². The van der Waals surface area contributed by atoms with Crippen LogP contribution in [0.1, 0.15) is 12.7 Å². The van der Waals surface area contributed by atoms with Gasteiger partial charge in [-0.05, 0) is 14.0 Å². The number of carbonyl (C=O) groups is 1. The van der Waals surface area contributed by atoms with Gasteiger partial charge in [0.2, 0.25) is 0 Å². The first kappa shape index (κ1) is 16.2. The zero-order chi connectivity index (χ0) is 13.8. The van der Waals surface area contributed by atoms with Crippen LogP contribution >= 0.6 is 12.4 Å². The molecule has 20 heavy (non-hydrogen) atoms. The third-order valence-electron chi connectivity index (χ3n) is 3.05. The third-order valence-corrected chi connectivity index (χ3v) is 3.05. The van der Waals surface area contributed by atoms with Gasteiger partial charge in [0.25, 0.3) is 0 Å². The van der Waals surface area contributed by atoms with Gasteiger partial charge in [0, 0.05) is 11.6 Å². The minimum Gasteiger partial charge on any atom is -0.480 e. The van der Waals surface area contributed by atoms with Crippen LogP contribution in [-0.4, -0.2) is 34.2 Å². The Kier molecular flexibility index (Phi) is 5.73.